The third-order valence-corrected chi connectivity index (χ3v) is 5.71. The van der Waals surface area contributed by atoms with E-state index < -0.39 is 23.2 Å². The maximum absolute atomic E-state index is 12.1. The lowest BCUT2D eigenvalue weighted by molar-refractivity contribution is -0.0834. The zero-order chi connectivity index (χ0) is 18.1. The van der Waals surface area contributed by atoms with Crippen molar-refractivity contribution in [1.82, 2.24) is 9.88 Å². The van der Waals surface area contributed by atoms with Gasteiger partial charge in [0, 0.05) is 9.77 Å². The van der Waals surface area contributed by atoms with Crippen LogP contribution in [0.5, 0.6) is 0 Å². The smallest absolute Gasteiger partial charge is 0.408 e. The molecule has 0 aromatic carbocycles. The number of methoxy groups -OCH3 is 1. The first-order valence-electron chi connectivity index (χ1n) is 7.28. The van der Waals surface area contributed by atoms with E-state index >= 15 is 0 Å². The number of esters is 1. The van der Waals surface area contributed by atoms with Gasteiger partial charge in [0.15, 0.2) is 0 Å². The number of amides is 1. The van der Waals surface area contributed by atoms with Gasteiger partial charge in [-0.2, -0.15) is 0 Å². The van der Waals surface area contributed by atoms with Crippen molar-refractivity contribution in [3.8, 4) is 0 Å². The Morgan fingerprint density at radius 1 is 1.46 bits per heavy atom. The molecule has 0 saturated carbocycles. The molecule has 1 aliphatic rings. The van der Waals surface area contributed by atoms with Crippen molar-refractivity contribution in [3.05, 3.63) is 19.9 Å². The van der Waals surface area contributed by atoms with E-state index in [1.54, 1.807) is 25.3 Å². The van der Waals surface area contributed by atoms with Crippen LogP contribution in [-0.2, 0) is 20.8 Å². The van der Waals surface area contributed by atoms with E-state index in [1.165, 1.54) is 7.11 Å². The van der Waals surface area contributed by atoms with E-state index in [0.29, 0.717) is 29.9 Å². The summed E-state index contributed by atoms with van der Waals surface area (Å²) in [6.45, 7) is 6.47. The Hall–Kier alpha value is -0.810. The number of nitrogens with zero attached hydrogens (tertiary/aromatic N) is 1. The molecule has 1 fully saturated rings. The zero-order valence-corrected chi connectivity index (χ0v) is 17.7. The standard InChI is InChI=1S/C15H20BrIN2O5/c1-14(2,3)24-13(21)18-15(7-23-8-15)6-19-5-9(17)10(16)11(19)12(20)22-4/h5H,6-8H2,1-4H3,(H,18,21). The molecule has 1 amide bonds. The molecule has 0 aliphatic carbocycles. The zero-order valence-electron chi connectivity index (χ0n) is 13.9. The maximum atomic E-state index is 12.1. The topological polar surface area (TPSA) is 78.8 Å². The molecule has 9 heteroatoms. The first-order chi connectivity index (χ1) is 11.1. The van der Waals surface area contributed by atoms with Crippen molar-refractivity contribution >= 4 is 50.6 Å². The van der Waals surface area contributed by atoms with Gasteiger partial charge in [-0.05, 0) is 59.3 Å². The molecule has 0 radical (unpaired) electrons. The van der Waals surface area contributed by atoms with Gasteiger partial charge in [-0.3, -0.25) is 0 Å². The Kier molecular flexibility index (Phi) is 5.86. The maximum Gasteiger partial charge on any atom is 0.408 e. The van der Waals surface area contributed by atoms with Crippen molar-refractivity contribution in [3.63, 3.8) is 0 Å². The average molecular weight is 515 g/mol. The number of alkyl carbamates (subject to hydrolysis) is 1. The molecule has 1 aromatic rings. The van der Waals surface area contributed by atoms with E-state index in [1.807, 2.05) is 6.20 Å². The summed E-state index contributed by atoms with van der Waals surface area (Å²) >= 11 is 5.53. The van der Waals surface area contributed by atoms with Crippen LogP contribution in [0.15, 0.2) is 10.7 Å². The Labute approximate surface area is 162 Å². The highest BCUT2D eigenvalue weighted by atomic mass is 127. The molecule has 7 nitrogen and oxygen atoms in total. The van der Waals surface area contributed by atoms with Gasteiger partial charge in [-0.1, -0.05) is 0 Å². The van der Waals surface area contributed by atoms with E-state index in [0.717, 1.165) is 3.57 Å². The summed E-state index contributed by atoms with van der Waals surface area (Å²) < 4.78 is 18.8. The van der Waals surface area contributed by atoms with E-state index in [-0.39, 0.29) is 0 Å². The molecule has 24 heavy (non-hydrogen) atoms. The fourth-order valence-corrected chi connectivity index (χ4v) is 3.41. The molecule has 2 heterocycles. The SMILES string of the molecule is COC(=O)c1c(Br)c(I)cn1CC1(NC(=O)OC(C)(C)C)COC1. The molecule has 1 aliphatic heterocycles. The van der Waals surface area contributed by atoms with Crippen LogP contribution in [0.25, 0.3) is 0 Å². The number of rotatable bonds is 4. The fraction of sp³-hybridized carbons (Fsp3) is 0.600. The number of halogens is 2. The molecular weight excluding hydrogens is 495 g/mol. The van der Waals surface area contributed by atoms with Gasteiger partial charge in [0.25, 0.3) is 0 Å². The van der Waals surface area contributed by atoms with Crippen LogP contribution in [0.1, 0.15) is 31.3 Å². The fourth-order valence-electron chi connectivity index (χ4n) is 2.32. The summed E-state index contributed by atoms with van der Waals surface area (Å²) in [5.74, 6) is -0.447. The Morgan fingerprint density at radius 3 is 2.54 bits per heavy atom. The minimum atomic E-state index is -0.618. The van der Waals surface area contributed by atoms with Gasteiger partial charge in [-0.15, -0.1) is 0 Å². The third-order valence-electron chi connectivity index (χ3n) is 3.35. The third kappa shape index (κ3) is 4.42. The number of carbonyl (C=O) groups excluding carboxylic acids is 2. The van der Waals surface area contributed by atoms with Crippen LogP contribution in [0.4, 0.5) is 4.79 Å². The lowest BCUT2D eigenvalue weighted by Gasteiger charge is -2.42. The largest absolute Gasteiger partial charge is 0.464 e. The molecule has 0 bridgehead atoms. The number of hydrogen-bond donors (Lipinski definition) is 1. The van der Waals surface area contributed by atoms with Crippen LogP contribution in [-0.4, -0.2) is 48.1 Å². The lowest BCUT2D eigenvalue weighted by atomic mass is 9.97. The Balaban J connectivity index is 2.20. The predicted molar refractivity (Wildman–Crippen MR) is 99.1 cm³/mol. The lowest BCUT2D eigenvalue weighted by Crippen LogP contribution is -2.65. The molecule has 134 valence electrons. The van der Waals surface area contributed by atoms with Gasteiger partial charge in [0.2, 0.25) is 0 Å². The summed E-state index contributed by atoms with van der Waals surface area (Å²) in [4.78, 5) is 24.2. The molecule has 0 spiro atoms. The summed E-state index contributed by atoms with van der Waals surface area (Å²) in [5, 5.41) is 2.87. The Bertz CT molecular complexity index is 649. The van der Waals surface area contributed by atoms with E-state index in [9.17, 15) is 9.59 Å². The first kappa shape index (κ1) is 19.5. The van der Waals surface area contributed by atoms with Gasteiger partial charge in [0.1, 0.15) is 16.8 Å². The van der Waals surface area contributed by atoms with Crippen molar-refractivity contribution in [1.29, 1.82) is 0 Å². The molecule has 1 saturated heterocycles. The van der Waals surface area contributed by atoms with Gasteiger partial charge in [-0.25, -0.2) is 9.59 Å². The highest BCUT2D eigenvalue weighted by Crippen LogP contribution is 2.29. The normalized spacial score (nSPS) is 16.2. The molecule has 2 rings (SSSR count). The van der Waals surface area contributed by atoms with Crippen molar-refractivity contribution in [2.24, 2.45) is 0 Å². The van der Waals surface area contributed by atoms with Gasteiger partial charge in [0.05, 0.1) is 31.3 Å². The number of aromatic nitrogens is 1. The second kappa shape index (κ2) is 7.20. The van der Waals surface area contributed by atoms with E-state index in [2.05, 4.69) is 43.8 Å². The molecule has 0 unspecified atom stereocenters. The number of carbonyl (C=O) groups is 2. The highest BCUT2D eigenvalue weighted by molar-refractivity contribution is 14.1. The van der Waals surface area contributed by atoms with E-state index in [4.69, 9.17) is 14.2 Å². The van der Waals surface area contributed by atoms with Crippen LogP contribution >= 0.6 is 38.5 Å². The second-order valence-electron chi connectivity index (χ2n) is 6.66. The predicted octanol–water partition coefficient (Wildman–Crippen LogP) is 2.94. The minimum absolute atomic E-state index is 0.346. The van der Waals surface area contributed by atoms with Crippen LogP contribution < -0.4 is 5.32 Å². The monoisotopic (exact) mass is 514 g/mol. The number of nitrogens with one attached hydrogen (secondary N) is 1. The first-order valence-corrected chi connectivity index (χ1v) is 9.15. The van der Waals surface area contributed by atoms with Gasteiger partial charge >= 0.3 is 12.1 Å². The highest BCUT2D eigenvalue weighted by Gasteiger charge is 2.42. The minimum Gasteiger partial charge on any atom is -0.464 e. The average Bonchev–Trinajstić information content (AvgIpc) is 2.68. The quantitative estimate of drug-likeness (QED) is 0.493. The van der Waals surface area contributed by atoms with Gasteiger partial charge < -0.3 is 24.1 Å². The van der Waals surface area contributed by atoms with Crippen molar-refractivity contribution in [2.75, 3.05) is 20.3 Å². The molecule has 0 atom stereocenters. The summed E-state index contributed by atoms with van der Waals surface area (Å²) in [5.41, 5.74) is -0.801. The number of hydrogen-bond acceptors (Lipinski definition) is 5. The Morgan fingerprint density at radius 2 is 2.08 bits per heavy atom. The van der Waals surface area contributed by atoms with Crippen molar-refractivity contribution < 1.29 is 23.8 Å². The summed E-state index contributed by atoms with van der Waals surface area (Å²) in [6, 6.07) is 0. The van der Waals surface area contributed by atoms with Crippen molar-refractivity contribution in [2.45, 2.75) is 38.5 Å². The summed E-state index contributed by atoms with van der Waals surface area (Å²) in [6.07, 6.45) is 1.32. The second-order valence-corrected chi connectivity index (χ2v) is 8.61. The van der Waals surface area contributed by atoms with Crippen LogP contribution in [0.3, 0.4) is 0 Å². The molecule has 1 N–H and O–H groups in total. The number of ether oxygens (including phenoxy) is 3. The van der Waals surface area contributed by atoms with Crippen LogP contribution in [0.2, 0.25) is 0 Å². The summed E-state index contributed by atoms with van der Waals surface area (Å²) in [7, 11) is 1.33. The van der Waals surface area contributed by atoms with Crippen LogP contribution in [0, 0.1) is 3.57 Å². The molecular formula is C15H20BrIN2O5. The molecule has 1 aromatic heterocycles.